The summed E-state index contributed by atoms with van der Waals surface area (Å²) in [5.74, 6) is 0.932. The van der Waals surface area contributed by atoms with Crippen molar-refractivity contribution < 1.29 is 4.79 Å². The number of carbonyl (C=O) groups is 1. The number of amides is 2. The number of pyridine rings is 1. The molecular weight excluding hydrogens is 356 g/mol. The number of hydrogen-bond donors (Lipinski definition) is 2. The summed E-state index contributed by atoms with van der Waals surface area (Å²) in [5, 5.41) is 5.66. The van der Waals surface area contributed by atoms with E-state index in [1.807, 2.05) is 36.4 Å². The summed E-state index contributed by atoms with van der Waals surface area (Å²) >= 11 is 3.38. The first kappa shape index (κ1) is 17.3. The molecule has 122 valence electrons. The maximum Gasteiger partial charge on any atom is 0.319 e. The molecule has 1 aromatic carbocycles. The lowest BCUT2D eigenvalue weighted by Crippen LogP contribution is -2.28. The van der Waals surface area contributed by atoms with Crippen LogP contribution in [0.4, 0.5) is 16.3 Å². The van der Waals surface area contributed by atoms with E-state index in [0.29, 0.717) is 6.54 Å². The Bertz CT molecular complexity index is 659. The van der Waals surface area contributed by atoms with Crippen LogP contribution in [0.1, 0.15) is 19.4 Å². The zero-order valence-electron chi connectivity index (χ0n) is 13.3. The molecule has 0 aliphatic heterocycles. The van der Waals surface area contributed by atoms with E-state index >= 15 is 0 Å². The van der Waals surface area contributed by atoms with Crippen LogP contribution in [0.3, 0.4) is 0 Å². The fourth-order valence-electron chi connectivity index (χ4n) is 2.21. The lowest BCUT2D eigenvalue weighted by Gasteiger charge is -2.20. The van der Waals surface area contributed by atoms with Crippen molar-refractivity contribution >= 4 is 33.5 Å². The minimum atomic E-state index is -0.232. The second-order valence-corrected chi connectivity index (χ2v) is 5.93. The number of nitrogens with zero attached hydrogens (tertiary/aromatic N) is 2. The Labute approximate surface area is 145 Å². The van der Waals surface area contributed by atoms with Gasteiger partial charge in [0.15, 0.2) is 0 Å². The van der Waals surface area contributed by atoms with Gasteiger partial charge in [-0.2, -0.15) is 0 Å². The number of benzene rings is 1. The van der Waals surface area contributed by atoms with Crippen molar-refractivity contribution in [2.24, 2.45) is 0 Å². The number of nitrogens with one attached hydrogen (secondary N) is 2. The number of rotatable bonds is 6. The van der Waals surface area contributed by atoms with E-state index in [-0.39, 0.29) is 6.03 Å². The Balaban J connectivity index is 1.92. The number of carbonyl (C=O) groups excluding carboxylic acids is 1. The molecule has 2 rings (SSSR count). The van der Waals surface area contributed by atoms with E-state index in [2.05, 4.69) is 50.3 Å². The summed E-state index contributed by atoms with van der Waals surface area (Å²) < 4.78 is 0.924. The van der Waals surface area contributed by atoms with E-state index in [1.54, 1.807) is 6.20 Å². The van der Waals surface area contributed by atoms with Crippen molar-refractivity contribution in [1.82, 2.24) is 10.3 Å². The van der Waals surface area contributed by atoms with Gasteiger partial charge in [0.2, 0.25) is 0 Å². The molecule has 1 heterocycles. The summed E-state index contributed by atoms with van der Waals surface area (Å²) in [6.45, 7) is 6.47. The second-order valence-electron chi connectivity index (χ2n) is 5.01. The Hall–Kier alpha value is -2.08. The van der Waals surface area contributed by atoms with E-state index in [1.165, 1.54) is 0 Å². The van der Waals surface area contributed by atoms with E-state index in [0.717, 1.165) is 34.6 Å². The maximum absolute atomic E-state index is 12.0. The van der Waals surface area contributed by atoms with Gasteiger partial charge in [-0.15, -0.1) is 0 Å². The van der Waals surface area contributed by atoms with Crippen LogP contribution in [0.25, 0.3) is 0 Å². The number of halogens is 1. The van der Waals surface area contributed by atoms with Crippen molar-refractivity contribution in [2.75, 3.05) is 23.3 Å². The SMILES string of the molecule is CCN(CC)c1cc(CNC(=O)Nc2cccc(Br)c2)ccn1. The quantitative estimate of drug-likeness (QED) is 0.800. The lowest BCUT2D eigenvalue weighted by molar-refractivity contribution is 0.251. The minimum Gasteiger partial charge on any atom is -0.357 e. The summed E-state index contributed by atoms with van der Waals surface area (Å²) in [5.41, 5.74) is 1.77. The van der Waals surface area contributed by atoms with Gasteiger partial charge in [-0.05, 0) is 49.7 Å². The van der Waals surface area contributed by atoms with Gasteiger partial charge in [0.05, 0.1) is 0 Å². The third kappa shape index (κ3) is 5.25. The molecule has 6 heteroatoms. The summed E-state index contributed by atoms with van der Waals surface area (Å²) in [7, 11) is 0. The van der Waals surface area contributed by atoms with Gasteiger partial charge in [-0.25, -0.2) is 9.78 Å². The van der Waals surface area contributed by atoms with Crippen LogP contribution in [0, 0.1) is 0 Å². The predicted octanol–water partition coefficient (Wildman–Crippen LogP) is 4.01. The van der Waals surface area contributed by atoms with Crippen LogP contribution in [-0.2, 0) is 6.54 Å². The molecule has 0 spiro atoms. The molecule has 2 amide bonds. The first-order valence-electron chi connectivity index (χ1n) is 7.62. The molecule has 0 aliphatic rings. The molecule has 0 fully saturated rings. The molecular formula is C17H21BrN4O. The lowest BCUT2D eigenvalue weighted by atomic mass is 10.2. The third-order valence-corrected chi connectivity index (χ3v) is 3.93. The fourth-order valence-corrected chi connectivity index (χ4v) is 2.61. The molecule has 2 N–H and O–H groups in total. The van der Waals surface area contributed by atoms with Gasteiger partial charge < -0.3 is 15.5 Å². The van der Waals surface area contributed by atoms with Crippen LogP contribution in [0.2, 0.25) is 0 Å². The van der Waals surface area contributed by atoms with Gasteiger partial charge in [-0.1, -0.05) is 22.0 Å². The number of aromatic nitrogens is 1. The second kappa shape index (κ2) is 8.53. The standard InChI is InChI=1S/C17H21BrN4O/c1-3-22(4-2)16-10-13(8-9-19-16)12-20-17(23)21-15-7-5-6-14(18)11-15/h5-11H,3-4,12H2,1-2H3,(H2,20,21,23). The zero-order chi connectivity index (χ0) is 16.7. The van der Waals surface area contributed by atoms with Gasteiger partial charge in [-0.3, -0.25) is 0 Å². The normalized spacial score (nSPS) is 10.2. The van der Waals surface area contributed by atoms with Crippen molar-refractivity contribution in [3.8, 4) is 0 Å². The van der Waals surface area contributed by atoms with Crippen LogP contribution >= 0.6 is 15.9 Å². The van der Waals surface area contributed by atoms with Gasteiger partial charge >= 0.3 is 6.03 Å². The highest BCUT2D eigenvalue weighted by Gasteiger charge is 2.06. The Morgan fingerprint density at radius 1 is 1.22 bits per heavy atom. The van der Waals surface area contributed by atoms with Gasteiger partial charge in [0.25, 0.3) is 0 Å². The molecule has 1 aromatic heterocycles. The Morgan fingerprint density at radius 2 is 2.00 bits per heavy atom. The van der Waals surface area contributed by atoms with Crippen LogP contribution in [-0.4, -0.2) is 24.1 Å². The highest BCUT2D eigenvalue weighted by Crippen LogP contribution is 2.15. The summed E-state index contributed by atoms with van der Waals surface area (Å²) in [6, 6.07) is 11.2. The van der Waals surface area contributed by atoms with Crippen molar-refractivity contribution in [3.63, 3.8) is 0 Å². The highest BCUT2D eigenvalue weighted by atomic mass is 79.9. The monoisotopic (exact) mass is 376 g/mol. The molecule has 0 bridgehead atoms. The summed E-state index contributed by atoms with van der Waals surface area (Å²) in [6.07, 6.45) is 1.77. The molecule has 0 saturated heterocycles. The van der Waals surface area contributed by atoms with Crippen molar-refractivity contribution in [1.29, 1.82) is 0 Å². The Kier molecular flexibility index (Phi) is 6.40. The third-order valence-electron chi connectivity index (χ3n) is 3.43. The average molecular weight is 377 g/mol. The van der Waals surface area contributed by atoms with Crippen molar-refractivity contribution in [2.45, 2.75) is 20.4 Å². The molecule has 5 nitrogen and oxygen atoms in total. The largest absolute Gasteiger partial charge is 0.357 e. The van der Waals surface area contributed by atoms with Crippen molar-refractivity contribution in [3.05, 3.63) is 52.6 Å². The van der Waals surface area contributed by atoms with E-state index in [4.69, 9.17) is 0 Å². The van der Waals surface area contributed by atoms with E-state index < -0.39 is 0 Å². The average Bonchev–Trinajstić information content (AvgIpc) is 2.55. The first-order chi connectivity index (χ1) is 11.1. The number of anilines is 2. The molecule has 0 atom stereocenters. The van der Waals surface area contributed by atoms with Gasteiger partial charge in [0, 0.05) is 36.0 Å². The predicted molar refractivity (Wildman–Crippen MR) is 97.8 cm³/mol. The molecule has 2 aromatic rings. The molecule has 0 unspecified atom stereocenters. The highest BCUT2D eigenvalue weighted by molar-refractivity contribution is 9.10. The Morgan fingerprint density at radius 3 is 2.70 bits per heavy atom. The van der Waals surface area contributed by atoms with Crippen LogP contribution in [0.15, 0.2) is 47.1 Å². The zero-order valence-corrected chi connectivity index (χ0v) is 14.9. The molecule has 23 heavy (non-hydrogen) atoms. The molecule has 0 radical (unpaired) electrons. The van der Waals surface area contributed by atoms with Crippen LogP contribution in [0.5, 0.6) is 0 Å². The minimum absolute atomic E-state index is 0.232. The number of urea groups is 1. The molecule has 0 aliphatic carbocycles. The van der Waals surface area contributed by atoms with Gasteiger partial charge in [0.1, 0.15) is 5.82 Å². The molecule has 0 saturated carbocycles. The fraction of sp³-hybridized carbons (Fsp3) is 0.294. The van der Waals surface area contributed by atoms with Crippen LogP contribution < -0.4 is 15.5 Å². The topological polar surface area (TPSA) is 57.3 Å². The van der Waals surface area contributed by atoms with E-state index in [9.17, 15) is 4.79 Å². The summed E-state index contributed by atoms with van der Waals surface area (Å²) in [4.78, 5) is 18.5. The maximum atomic E-state index is 12.0. The smallest absolute Gasteiger partial charge is 0.319 e. The first-order valence-corrected chi connectivity index (χ1v) is 8.42. The number of hydrogen-bond acceptors (Lipinski definition) is 3.